The van der Waals surface area contributed by atoms with Gasteiger partial charge in [0.05, 0.1) is 16.3 Å². The number of carbonyl (C=O) groups is 2. The van der Waals surface area contributed by atoms with E-state index in [-0.39, 0.29) is 10.6 Å². The molecule has 0 spiro atoms. The molecule has 0 fully saturated rings. The van der Waals surface area contributed by atoms with E-state index in [1.165, 1.54) is 6.07 Å². The van der Waals surface area contributed by atoms with Crippen molar-refractivity contribution in [3.05, 3.63) is 45.8 Å². The second kappa shape index (κ2) is 5.94. The van der Waals surface area contributed by atoms with Gasteiger partial charge in [0.2, 0.25) is 0 Å². The number of carboxylic acid groups (broad SMARTS) is 1. The molecule has 7 heteroatoms. The van der Waals surface area contributed by atoms with Crippen LogP contribution in [0.2, 0.25) is 5.02 Å². The molecule has 104 valence electrons. The van der Waals surface area contributed by atoms with Gasteiger partial charge in [0.15, 0.2) is 0 Å². The van der Waals surface area contributed by atoms with Crippen molar-refractivity contribution in [2.75, 3.05) is 10.6 Å². The molecule has 0 saturated carbocycles. The molecular weight excluding hydrogens is 300 g/mol. The molecule has 5 nitrogen and oxygen atoms in total. The molecule has 0 aliphatic heterocycles. The summed E-state index contributed by atoms with van der Waals surface area (Å²) in [6, 6.07) is 6.12. The number of urea groups is 1. The van der Waals surface area contributed by atoms with Crippen molar-refractivity contribution in [1.29, 1.82) is 0 Å². The Kier molecular flexibility index (Phi) is 4.26. The van der Waals surface area contributed by atoms with Crippen molar-refractivity contribution < 1.29 is 14.7 Å². The van der Waals surface area contributed by atoms with Crippen LogP contribution >= 0.6 is 22.9 Å². The van der Waals surface area contributed by atoms with Crippen LogP contribution in [0.1, 0.15) is 15.9 Å². The highest BCUT2D eigenvalue weighted by Crippen LogP contribution is 2.25. The number of benzene rings is 1. The molecule has 3 N–H and O–H groups in total. The van der Waals surface area contributed by atoms with Gasteiger partial charge >= 0.3 is 12.0 Å². The lowest BCUT2D eigenvalue weighted by Gasteiger charge is -2.09. The van der Waals surface area contributed by atoms with Gasteiger partial charge in [-0.25, -0.2) is 9.59 Å². The average molecular weight is 311 g/mol. The zero-order valence-corrected chi connectivity index (χ0v) is 12.0. The lowest BCUT2D eigenvalue weighted by molar-refractivity contribution is 0.0698. The Hall–Kier alpha value is -2.05. The first-order valence-electron chi connectivity index (χ1n) is 5.62. The standard InChI is InChI=1S/C13H11ClN2O3S/c1-7-2-3-10(9(14)6-7)15-13(19)16-11-8(12(17)18)4-5-20-11/h2-6H,1H3,(H,17,18)(H2,15,16,19). The lowest BCUT2D eigenvalue weighted by atomic mass is 10.2. The fraction of sp³-hybridized carbons (Fsp3) is 0.0769. The van der Waals surface area contributed by atoms with Crippen molar-refractivity contribution in [3.63, 3.8) is 0 Å². The number of rotatable bonds is 3. The number of amides is 2. The van der Waals surface area contributed by atoms with Gasteiger partial charge in [-0.15, -0.1) is 11.3 Å². The number of halogens is 1. The van der Waals surface area contributed by atoms with Crippen LogP contribution in [-0.2, 0) is 0 Å². The Morgan fingerprint density at radius 3 is 2.65 bits per heavy atom. The Balaban J connectivity index is 2.09. The molecule has 0 radical (unpaired) electrons. The number of thiophene rings is 1. The first-order chi connectivity index (χ1) is 9.47. The average Bonchev–Trinajstić information content (AvgIpc) is 2.81. The third kappa shape index (κ3) is 3.28. The largest absolute Gasteiger partial charge is 0.478 e. The molecule has 1 aromatic heterocycles. The maximum absolute atomic E-state index is 11.8. The quantitative estimate of drug-likeness (QED) is 0.800. The van der Waals surface area contributed by atoms with E-state index >= 15 is 0 Å². The molecule has 1 heterocycles. The number of hydrogen-bond donors (Lipinski definition) is 3. The highest BCUT2D eigenvalue weighted by Gasteiger charge is 2.14. The van der Waals surface area contributed by atoms with Gasteiger partial charge in [0.1, 0.15) is 5.00 Å². The van der Waals surface area contributed by atoms with E-state index in [0.29, 0.717) is 10.7 Å². The number of carboxylic acids is 1. The number of carbonyl (C=O) groups excluding carboxylic acids is 1. The summed E-state index contributed by atoms with van der Waals surface area (Å²) >= 11 is 7.14. The molecule has 1 aromatic carbocycles. The van der Waals surface area contributed by atoms with E-state index in [1.54, 1.807) is 17.5 Å². The second-order valence-corrected chi connectivity index (χ2v) is 5.35. The van der Waals surface area contributed by atoms with Crippen molar-refractivity contribution in [3.8, 4) is 0 Å². The first kappa shape index (κ1) is 14.4. The Labute approximate surface area is 124 Å². The fourth-order valence-electron chi connectivity index (χ4n) is 1.55. The summed E-state index contributed by atoms with van der Waals surface area (Å²) in [4.78, 5) is 22.8. The summed E-state index contributed by atoms with van der Waals surface area (Å²) < 4.78 is 0. The van der Waals surface area contributed by atoms with Crippen LogP contribution in [-0.4, -0.2) is 17.1 Å². The van der Waals surface area contributed by atoms with Gasteiger partial charge in [-0.1, -0.05) is 17.7 Å². The van der Waals surface area contributed by atoms with Gasteiger partial charge in [-0.05, 0) is 36.1 Å². The minimum atomic E-state index is -1.09. The lowest BCUT2D eigenvalue weighted by Crippen LogP contribution is -2.20. The van der Waals surface area contributed by atoms with E-state index in [2.05, 4.69) is 10.6 Å². The smallest absolute Gasteiger partial charge is 0.338 e. The van der Waals surface area contributed by atoms with Crippen LogP contribution in [0, 0.1) is 6.92 Å². The second-order valence-electron chi connectivity index (χ2n) is 4.03. The number of aromatic carboxylic acids is 1. The van der Waals surface area contributed by atoms with E-state index in [9.17, 15) is 9.59 Å². The maximum Gasteiger partial charge on any atom is 0.338 e. The highest BCUT2D eigenvalue weighted by molar-refractivity contribution is 7.14. The van der Waals surface area contributed by atoms with E-state index < -0.39 is 12.0 Å². The molecule has 2 amide bonds. The normalized spacial score (nSPS) is 10.1. The summed E-state index contributed by atoms with van der Waals surface area (Å²) in [5.41, 5.74) is 1.50. The van der Waals surface area contributed by atoms with Crippen molar-refractivity contribution in [1.82, 2.24) is 0 Å². The predicted octanol–water partition coefficient (Wildman–Crippen LogP) is 4.05. The topological polar surface area (TPSA) is 78.4 Å². The van der Waals surface area contributed by atoms with Gasteiger partial charge in [-0.2, -0.15) is 0 Å². The van der Waals surface area contributed by atoms with E-state index in [1.807, 2.05) is 13.0 Å². The van der Waals surface area contributed by atoms with E-state index in [0.717, 1.165) is 16.9 Å². The third-order valence-electron chi connectivity index (χ3n) is 2.50. The number of hydrogen-bond acceptors (Lipinski definition) is 3. The van der Waals surface area contributed by atoms with Gasteiger partial charge in [-0.3, -0.25) is 5.32 Å². The minimum Gasteiger partial charge on any atom is -0.478 e. The molecule has 0 saturated heterocycles. The number of anilines is 2. The minimum absolute atomic E-state index is 0.0557. The molecule has 2 aromatic rings. The van der Waals surface area contributed by atoms with Gasteiger partial charge in [0.25, 0.3) is 0 Å². The van der Waals surface area contributed by atoms with Crippen LogP contribution in [0.25, 0.3) is 0 Å². The summed E-state index contributed by atoms with van der Waals surface area (Å²) in [6.07, 6.45) is 0. The Morgan fingerprint density at radius 2 is 2.00 bits per heavy atom. The molecule has 0 atom stereocenters. The Morgan fingerprint density at radius 1 is 1.25 bits per heavy atom. The third-order valence-corrected chi connectivity index (χ3v) is 3.64. The molecule has 0 aliphatic rings. The molecule has 0 bridgehead atoms. The van der Waals surface area contributed by atoms with Crippen LogP contribution in [0.4, 0.5) is 15.5 Å². The van der Waals surface area contributed by atoms with Crippen LogP contribution in [0.15, 0.2) is 29.6 Å². The summed E-state index contributed by atoms with van der Waals surface area (Å²) in [7, 11) is 0. The molecule has 20 heavy (non-hydrogen) atoms. The predicted molar refractivity (Wildman–Crippen MR) is 80.1 cm³/mol. The highest BCUT2D eigenvalue weighted by atomic mass is 35.5. The number of nitrogens with one attached hydrogen (secondary N) is 2. The van der Waals surface area contributed by atoms with Crippen molar-refractivity contribution in [2.45, 2.75) is 6.92 Å². The SMILES string of the molecule is Cc1ccc(NC(=O)Nc2sccc2C(=O)O)c(Cl)c1. The zero-order chi connectivity index (χ0) is 14.7. The molecule has 0 unspecified atom stereocenters. The summed E-state index contributed by atoms with van der Waals surface area (Å²) in [5, 5.41) is 16.3. The van der Waals surface area contributed by atoms with Gasteiger partial charge in [0, 0.05) is 0 Å². The first-order valence-corrected chi connectivity index (χ1v) is 6.88. The van der Waals surface area contributed by atoms with Gasteiger partial charge < -0.3 is 10.4 Å². The zero-order valence-electron chi connectivity index (χ0n) is 10.4. The van der Waals surface area contributed by atoms with Crippen LogP contribution in [0.5, 0.6) is 0 Å². The molecule has 0 aliphatic carbocycles. The van der Waals surface area contributed by atoms with Crippen molar-refractivity contribution in [2.24, 2.45) is 0 Å². The monoisotopic (exact) mass is 310 g/mol. The van der Waals surface area contributed by atoms with E-state index in [4.69, 9.17) is 16.7 Å². The summed E-state index contributed by atoms with van der Waals surface area (Å²) in [5.74, 6) is -1.09. The van der Waals surface area contributed by atoms with Crippen molar-refractivity contribution >= 4 is 45.6 Å². The summed E-state index contributed by atoms with van der Waals surface area (Å²) in [6.45, 7) is 1.89. The number of aryl methyl sites for hydroxylation is 1. The van der Waals surface area contributed by atoms with Crippen LogP contribution < -0.4 is 10.6 Å². The molecular formula is C13H11ClN2O3S. The fourth-order valence-corrected chi connectivity index (χ4v) is 2.61. The maximum atomic E-state index is 11.8. The molecule has 2 rings (SSSR count). The Bertz CT molecular complexity index is 669. The van der Waals surface area contributed by atoms with Crippen LogP contribution in [0.3, 0.4) is 0 Å².